The van der Waals surface area contributed by atoms with Crippen molar-refractivity contribution < 1.29 is 0 Å². The number of benzene rings is 1. The van der Waals surface area contributed by atoms with Crippen LogP contribution in [0.4, 0.5) is 0 Å². The van der Waals surface area contributed by atoms with Gasteiger partial charge in [0.05, 0.1) is 5.69 Å². The van der Waals surface area contributed by atoms with E-state index >= 15 is 0 Å². The first-order valence-electron chi connectivity index (χ1n) is 10.1. The number of aromatic nitrogens is 2. The topological polar surface area (TPSA) is 57.5 Å². The van der Waals surface area contributed by atoms with Crippen molar-refractivity contribution in [2.75, 3.05) is 39.8 Å². The van der Waals surface area contributed by atoms with E-state index in [4.69, 9.17) is 0 Å². The van der Waals surface area contributed by atoms with Gasteiger partial charge in [0, 0.05) is 39.1 Å². The van der Waals surface area contributed by atoms with E-state index in [1.165, 1.54) is 44.3 Å². The summed E-state index contributed by atoms with van der Waals surface area (Å²) in [6.45, 7) is 5.38. The van der Waals surface area contributed by atoms with Crippen LogP contribution < -0.4 is 10.6 Å². The number of nitrogens with one attached hydrogen (secondary N) is 2. The third-order valence-electron chi connectivity index (χ3n) is 5.05. The third-order valence-corrected chi connectivity index (χ3v) is 5.05. The van der Waals surface area contributed by atoms with Crippen molar-refractivity contribution >= 4 is 5.96 Å². The highest BCUT2D eigenvalue weighted by Crippen LogP contribution is 2.09. The Morgan fingerprint density at radius 3 is 2.44 bits per heavy atom. The van der Waals surface area contributed by atoms with E-state index in [1.807, 2.05) is 24.0 Å². The fourth-order valence-electron chi connectivity index (χ4n) is 3.47. The van der Waals surface area contributed by atoms with Crippen molar-refractivity contribution in [2.24, 2.45) is 4.99 Å². The van der Waals surface area contributed by atoms with Gasteiger partial charge in [0.25, 0.3) is 0 Å². The van der Waals surface area contributed by atoms with Crippen LogP contribution in [0.15, 0.2) is 47.7 Å². The van der Waals surface area contributed by atoms with Crippen molar-refractivity contribution in [1.82, 2.24) is 25.3 Å². The van der Waals surface area contributed by atoms with Crippen LogP contribution in [-0.2, 0) is 6.42 Å². The standard InChI is InChI=1S/C21H32N6/c1-22-21(24-14-18-26-15-4-2-3-5-16-26)23-13-11-19-7-9-20(10-8-19)27-17-6-12-25-27/h6-10,12,17H,2-5,11,13-16,18H2,1H3,(H2,22,23,24). The summed E-state index contributed by atoms with van der Waals surface area (Å²) in [5.41, 5.74) is 2.39. The van der Waals surface area contributed by atoms with Crippen LogP contribution in [0.2, 0.25) is 0 Å². The predicted octanol–water partition coefficient (Wildman–Crippen LogP) is 2.46. The summed E-state index contributed by atoms with van der Waals surface area (Å²) in [6, 6.07) is 10.5. The molecule has 27 heavy (non-hydrogen) atoms. The lowest BCUT2D eigenvalue weighted by atomic mass is 10.1. The van der Waals surface area contributed by atoms with E-state index in [0.717, 1.165) is 37.7 Å². The third kappa shape index (κ3) is 6.40. The molecule has 1 aliphatic heterocycles. The largest absolute Gasteiger partial charge is 0.356 e. The van der Waals surface area contributed by atoms with Gasteiger partial charge in [-0.2, -0.15) is 5.10 Å². The molecule has 1 aromatic heterocycles. The van der Waals surface area contributed by atoms with Gasteiger partial charge in [0.2, 0.25) is 0 Å². The molecular weight excluding hydrogens is 336 g/mol. The summed E-state index contributed by atoms with van der Waals surface area (Å²) in [6.07, 6.45) is 10.2. The minimum atomic E-state index is 0.866. The van der Waals surface area contributed by atoms with Crippen molar-refractivity contribution in [3.05, 3.63) is 48.3 Å². The summed E-state index contributed by atoms with van der Waals surface area (Å²) in [5.74, 6) is 0.887. The second-order valence-electron chi connectivity index (χ2n) is 7.05. The second-order valence-corrected chi connectivity index (χ2v) is 7.05. The Morgan fingerprint density at radius 2 is 1.78 bits per heavy atom. The van der Waals surface area contributed by atoms with Gasteiger partial charge < -0.3 is 15.5 Å². The molecule has 1 aliphatic rings. The zero-order valence-electron chi connectivity index (χ0n) is 16.4. The quantitative estimate of drug-likeness (QED) is 0.582. The SMILES string of the molecule is CN=C(NCCc1ccc(-n2cccn2)cc1)NCCN1CCCCCC1. The molecule has 6 nitrogen and oxygen atoms in total. The molecule has 146 valence electrons. The fourth-order valence-corrected chi connectivity index (χ4v) is 3.47. The monoisotopic (exact) mass is 368 g/mol. The van der Waals surface area contributed by atoms with Gasteiger partial charge in [-0.05, 0) is 56.1 Å². The fraction of sp³-hybridized carbons (Fsp3) is 0.524. The van der Waals surface area contributed by atoms with Gasteiger partial charge in [0.15, 0.2) is 5.96 Å². The normalized spacial score (nSPS) is 16.1. The molecule has 2 heterocycles. The van der Waals surface area contributed by atoms with Crippen LogP contribution in [0, 0.1) is 0 Å². The summed E-state index contributed by atoms with van der Waals surface area (Å²) < 4.78 is 1.87. The van der Waals surface area contributed by atoms with Gasteiger partial charge in [-0.1, -0.05) is 25.0 Å². The van der Waals surface area contributed by atoms with E-state index in [2.05, 4.69) is 49.9 Å². The molecule has 0 unspecified atom stereocenters. The maximum atomic E-state index is 4.33. The maximum absolute atomic E-state index is 4.33. The van der Waals surface area contributed by atoms with Crippen molar-refractivity contribution in [3.63, 3.8) is 0 Å². The molecule has 0 bridgehead atoms. The smallest absolute Gasteiger partial charge is 0.191 e. The summed E-state index contributed by atoms with van der Waals surface area (Å²) in [5, 5.41) is 11.1. The molecule has 0 radical (unpaired) electrons. The highest BCUT2D eigenvalue weighted by Gasteiger charge is 2.08. The number of hydrogen-bond donors (Lipinski definition) is 2. The number of hydrogen-bond acceptors (Lipinski definition) is 3. The Hall–Kier alpha value is -2.34. The Balaban J connectivity index is 1.35. The lowest BCUT2D eigenvalue weighted by Gasteiger charge is -2.20. The van der Waals surface area contributed by atoms with Crippen LogP contribution in [0.5, 0.6) is 0 Å². The first-order chi connectivity index (χ1) is 13.3. The highest BCUT2D eigenvalue weighted by atomic mass is 15.3. The molecule has 0 saturated carbocycles. The molecule has 1 aromatic carbocycles. The summed E-state index contributed by atoms with van der Waals surface area (Å²) in [4.78, 5) is 6.90. The Kier molecular flexibility index (Phi) is 7.71. The van der Waals surface area contributed by atoms with E-state index in [9.17, 15) is 0 Å². The number of aliphatic imine (C=N–C) groups is 1. The van der Waals surface area contributed by atoms with E-state index in [0.29, 0.717) is 0 Å². The number of rotatable bonds is 7. The predicted molar refractivity (Wildman–Crippen MR) is 112 cm³/mol. The van der Waals surface area contributed by atoms with Crippen LogP contribution in [-0.4, -0.2) is 60.4 Å². The van der Waals surface area contributed by atoms with Crippen molar-refractivity contribution in [1.29, 1.82) is 0 Å². The summed E-state index contributed by atoms with van der Waals surface area (Å²) >= 11 is 0. The average Bonchev–Trinajstić information content (AvgIpc) is 3.12. The highest BCUT2D eigenvalue weighted by molar-refractivity contribution is 5.79. The van der Waals surface area contributed by atoms with Gasteiger partial charge in [-0.15, -0.1) is 0 Å². The first kappa shape index (κ1) is 19.4. The zero-order chi connectivity index (χ0) is 18.7. The van der Waals surface area contributed by atoms with E-state index in [1.54, 1.807) is 6.20 Å². The first-order valence-corrected chi connectivity index (χ1v) is 10.1. The number of nitrogens with zero attached hydrogens (tertiary/aromatic N) is 4. The van der Waals surface area contributed by atoms with Crippen LogP contribution >= 0.6 is 0 Å². The van der Waals surface area contributed by atoms with Gasteiger partial charge in [-0.25, -0.2) is 4.68 Å². The Bertz CT molecular complexity index is 669. The molecule has 2 N–H and O–H groups in total. The Labute approximate surface area is 162 Å². The van der Waals surface area contributed by atoms with Crippen LogP contribution in [0.1, 0.15) is 31.2 Å². The molecular formula is C21H32N6. The average molecular weight is 369 g/mol. The molecule has 3 rings (SSSR count). The molecule has 0 atom stereocenters. The minimum absolute atomic E-state index is 0.866. The summed E-state index contributed by atoms with van der Waals surface area (Å²) in [7, 11) is 1.83. The lowest BCUT2D eigenvalue weighted by Crippen LogP contribution is -2.42. The van der Waals surface area contributed by atoms with Gasteiger partial charge >= 0.3 is 0 Å². The molecule has 1 saturated heterocycles. The Morgan fingerprint density at radius 1 is 1.04 bits per heavy atom. The molecule has 6 heteroatoms. The zero-order valence-corrected chi connectivity index (χ0v) is 16.4. The van der Waals surface area contributed by atoms with Crippen molar-refractivity contribution in [2.45, 2.75) is 32.1 Å². The van der Waals surface area contributed by atoms with Gasteiger partial charge in [-0.3, -0.25) is 4.99 Å². The van der Waals surface area contributed by atoms with Crippen molar-refractivity contribution in [3.8, 4) is 5.69 Å². The maximum Gasteiger partial charge on any atom is 0.191 e. The minimum Gasteiger partial charge on any atom is -0.356 e. The molecule has 0 aliphatic carbocycles. The van der Waals surface area contributed by atoms with Gasteiger partial charge in [0.1, 0.15) is 0 Å². The number of likely N-dealkylation sites (tertiary alicyclic amines) is 1. The molecule has 1 fully saturated rings. The molecule has 0 spiro atoms. The van der Waals surface area contributed by atoms with E-state index < -0.39 is 0 Å². The van der Waals surface area contributed by atoms with Crippen LogP contribution in [0.25, 0.3) is 5.69 Å². The van der Waals surface area contributed by atoms with Crippen LogP contribution in [0.3, 0.4) is 0 Å². The molecule has 2 aromatic rings. The molecule has 0 amide bonds. The second kappa shape index (κ2) is 10.7. The lowest BCUT2D eigenvalue weighted by molar-refractivity contribution is 0.289. The van der Waals surface area contributed by atoms with E-state index in [-0.39, 0.29) is 0 Å². The number of guanidine groups is 1.